The molecule has 0 aliphatic carbocycles. The fourth-order valence-electron chi connectivity index (χ4n) is 2.76. The number of nitrogens with one attached hydrogen (secondary N) is 1. The fraction of sp³-hybridized carbons (Fsp3) is 0.632. The van der Waals surface area contributed by atoms with Gasteiger partial charge in [0.25, 0.3) is 0 Å². The van der Waals surface area contributed by atoms with Gasteiger partial charge in [-0.1, -0.05) is 11.6 Å². The average molecular weight is 430 g/mol. The van der Waals surface area contributed by atoms with E-state index in [1.54, 1.807) is 26.8 Å². The molecule has 9 heteroatoms. The highest BCUT2D eigenvalue weighted by molar-refractivity contribution is 7.84. The van der Waals surface area contributed by atoms with Gasteiger partial charge >= 0.3 is 6.09 Å². The molecule has 0 saturated heterocycles. The lowest BCUT2D eigenvalue weighted by Crippen LogP contribution is -2.49. The van der Waals surface area contributed by atoms with Crippen LogP contribution in [0.15, 0.2) is 6.07 Å². The zero-order chi connectivity index (χ0) is 21.7. The van der Waals surface area contributed by atoms with Gasteiger partial charge in [-0.25, -0.2) is 18.7 Å². The van der Waals surface area contributed by atoms with E-state index in [0.717, 1.165) is 0 Å². The summed E-state index contributed by atoms with van der Waals surface area (Å²) in [7, 11) is -1.42. The predicted molar refractivity (Wildman–Crippen MR) is 111 cm³/mol. The third-order valence-electron chi connectivity index (χ3n) is 4.14. The van der Waals surface area contributed by atoms with Crippen LogP contribution < -0.4 is 9.62 Å². The number of hydrogen-bond acceptors (Lipinski definition) is 5. The van der Waals surface area contributed by atoms with Crippen LogP contribution in [0.2, 0.25) is 5.15 Å². The van der Waals surface area contributed by atoms with E-state index in [9.17, 15) is 13.8 Å². The minimum Gasteiger partial charge on any atom is -0.443 e. The van der Waals surface area contributed by atoms with Gasteiger partial charge in [0.1, 0.15) is 11.3 Å². The van der Waals surface area contributed by atoms with Crippen LogP contribution in [0.1, 0.15) is 71.4 Å². The molecule has 1 amide bonds. The van der Waals surface area contributed by atoms with Gasteiger partial charge < -0.3 is 4.74 Å². The molecule has 1 aromatic heterocycles. The molecule has 1 N–H and O–H groups in total. The van der Waals surface area contributed by atoms with Gasteiger partial charge in [0, 0.05) is 12.5 Å². The summed E-state index contributed by atoms with van der Waals surface area (Å²) < 4.78 is 20.9. The number of anilines is 1. The number of ether oxygens (including phenoxy) is 1. The summed E-state index contributed by atoms with van der Waals surface area (Å²) >= 11 is 6.37. The maximum atomic E-state index is 12.8. The summed E-state index contributed by atoms with van der Waals surface area (Å²) in [6, 6.07) is 1.60. The Hall–Kier alpha value is -1.51. The molecule has 1 aliphatic rings. The first kappa shape index (κ1) is 22.8. The molecule has 0 aromatic carbocycles. The maximum absolute atomic E-state index is 12.8. The number of hydrogen-bond donors (Lipinski definition) is 1. The Morgan fingerprint density at radius 3 is 2.32 bits per heavy atom. The van der Waals surface area contributed by atoms with Crippen molar-refractivity contribution in [3.05, 3.63) is 22.5 Å². The van der Waals surface area contributed by atoms with E-state index in [1.165, 1.54) is 11.8 Å². The minimum atomic E-state index is -1.42. The first-order chi connectivity index (χ1) is 12.5. The predicted octanol–water partition coefficient (Wildman–Crippen LogP) is 3.96. The van der Waals surface area contributed by atoms with Crippen molar-refractivity contribution in [3.63, 3.8) is 0 Å². The van der Waals surface area contributed by atoms with Crippen LogP contribution >= 0.6 is 11.6 Å². The number of halogens is 1. The van der Waals surface area contributed by atoms with Crippen molar-refractivity contribution >= 4 is 40.2 Å². The van der Waals surface area contributed by atoms with E-state index in [4.69, 9.17) is 16.3 Å². The molecule has 28 heavy (non-hydrogen) atoms. The number of rotatable bonds is 3. The van der Waals surface area contributed by atoms with E-state index in [2.05, 4.69) is 9.71 Å². The van der Waals surface area contributed by atoms with Gasteiger partial charge in [-0.05, 0) is 54.5 Å². The Morgan fingerprint density at radius 1 is 1.29 bits per heavy atom. The number of amides is 1. The van der Waals surface area contributed by atoms with Crippen LogP contribution in [0, 0.1) is 0 Å². The lowest BCUT2D eigenvalue weighted by atomic mass is 9.95. The van der Waals surface area contributed by atoms with Gasteiger partial charge in [0.05, 0.1) is 33.5 Å². The normalized spacial score (nSPS) is 20.7. The highest BCUT2D eigenvalue weighted by Crippen LogP contribution is 2.44. The molecule has 2 heterocycles. The third-order valence-corrected chi connectivity index (χ3v) is 6.15. The number of aromatic nitrogens is 1. The molecular formula is C19H28ClN3O4S. The number of pyridine rings is 1. The van der Waals surface area contributed by atoms with Crippen molar-refractivity contribution in [1.82, 2.24) is 9.71 Å². The zero-order valence-corrected chi connectivity index (χ0v) is 19.2. The van der Waals surface area contributed by atoms with Crippen LogP contribution in [0.3, 0.4) is 0 Å². The first-order valence-electron chi connectivity index (χ1n) is 8.97. The number of carbonyl (C=O) groups excluding carboxylic acids is 2. The van der Waals surface area contributed by atoms with Crippen molar-refractivity contribution in [2.24, 2.45) is 0 Å². The van der Waals surface area contributed by atoms with Gasteiger partial charge in [0.2, 0.25) is 0 Å². The topological polar surface area (TPSA) is 88.6 Å². The molecule has 2 atom stereocenters. The van der Waals surface area contributed by atoms with Crippen LogP contribution in [0.4, 0.5) is 10.5 Å². The molecule has 0 spiro atoms. The largest absolute Gasteiger partial charge is 0.443 e. The molecule has 1 aliphatic heterocycles. The quantitative estimate of drug-likeness (QED) is 0.580. The van der Waals surface area contributed by atoms with Gasteiger partial charge in [-0.2, -0.15) is 0 Å². The zero-order valence-electron chi connectivity index (χ0n) is 17.6. The monoisotopic (exact) mass is 429 g/mol. The van der Waals surface area contributed by atoms with Crippen molar-refractivity contribution in [2.75, 3.05) is 11.4 Å². The van der Waals surface area contributed by atoms with Gasteiger partial charge in [-0.15, -0.1) is 0 Å². The summed E-state index contributed by atoms with van der Waals surface area (Å²) in [5.74, 6) is -0.250. The number of carbonyl (C=O) groups is 2. The molecule has 0 saturated carbocycles. The molecule has 1 unspecified atom stereocenters. The summed E-state index contributed by atoms with van der Waals surface area (Å²) in [6.45, 7) is 14.2. The lowest BCUT2D eigenvalue weighted by Gasteiger charge is -2.31. The number of nitrogens with zero attached hydrogens (tertiary/aromatic N) is 2. The molecular weight excluding hydrogens is 402 g/mol. The minimum absolute atomic E-state index is 0.0284. The summed E-state index contributed by atoms with van der Waals surface area (Å²) in [6.07, 6.45) is -0.583. The Kier molecular flexibility index (Phi) is 6.01. The highest BCUT2D eigenvalue weighted by atomic mass is 35.5. The highest BCUT2D eigenvalue weighted by Gasteiger charge is 2.46. The summed E-state index contributed by atoms with van der Waals surface area (Å²) in [4.78, 5) is 30.2. The number of fused-ring (bicyclic) bond motifs is 1. The smallest absolute Gasteiger partial charge is 0.414 e. The Balaban J connectivity index is 2.59. The fourth-order valence-corrected chi connectivity index (χ4v) is 3.95. The second-order valence-corrected chi connectivity index (χ2v) is 11.5. The number of Topliss-reactive ketones (excluding diaryl/α,β-unsaturated/α-hetero) is 1. The van der Waals surface area contributed by atoms with Crippen molar-refractivity contribution < 1.29 is 18.5 Å². The molecule has 156 valence electrons. The molecule has 0 radical (unpaired) electrons. The Morgan fingerprint density at radius 2 is 1.86 bits per heavy atom. The standard InChI is InChI=1S/C19H28ClN3O4S/c1-11(24)13-9-12-14(15(20)21-13)23(16(25)27-17(2,3)4)10-19(12,8)22-28(26)18(5,6)7/h9,22H,10H2,1-8H3/t19-,28?/m0/s1. The van der Waals surface area contributed by atoms with Gasteiger partial charge in [0.15, 0.2) is 10.9 Å². The first-order valence-corrected chi connectivity index (χ1v) is 10.5. The number of ketones is 1. The van der Waals surface area contributed by atoms with Crippen LogP contribution in [-0.2, 0) is 21.3 Å². The second-order valence-electron chi connectivity index (χ2n) is 9.13. The van der Waals surface area contributed by atoms with E-state index >= 15 is 0 Å². The SMILES string of the molecule is CC(=O)c1cc2c(c(Cl)n1)N(C(=O)OC(C)(C)C)C[C@]2(C)NS(=O)C(C)(C)C. The summed E-state index contributed by atoms with van der Waals surface area (Å²) in [5.41, 5.74) is -0.467. The molecule has 1 aromatic rings. The van der Waals surface area contributed by atoms with E-state index < -0.39 is 33.0 Å². The third kappa shape index (κ3) is 4.72. The maximum Gasteiger partial charge on any atom is 0.414 e. The Bertz CT molecular complexity index is 845. The Labute approximate surface area is 173 Å². The van der Waals surface area contributed by atoms with Crippen molar-refractivity contribution in [2.45, 2.75) is 71.3 Å². The molecule has 0 bridgehead atoms. The second kappa shape index (κ2) is 7.39. The van der Waals surface area contributed by atoms with Crippen molar-refractivity contribution in [1.29, 1.82) is 0 Å². The molecule has 7 nitrogen and oxygen atoms in total. The van der Waals surface area contributed by atoms with E-state index in [0.29, 0.717) is 11.3 Å². The average Bonchev–Trinajstić information content (AvgIpc) is 2.78. The van der Waals surface area contributed by atoms with Crippen LogP contribution in [0.25, 0.3) is 0 Å². The van der Waals surface area contributed by atoms with E-state index in [1.807, 2.05) is 27.7 Å². The summed E-state index contributed by atoms with van der Waals surface area (Å²) in [5, 5.41) is 0.0284. The van der Waals surface area contributed by atoms with Crippen LogP contribution in [0.5, 0.6) is 0 Å². The molecule has 0 fully saturated rings. The van der Waals surface area contributed by atoms with E-state index in [-0.39, 0.29) is 23.2 Å². The van der Waals surface area contributed by atoms with Crippen molar-refractivity contribution in [3.8, 4) is 0 Å². The van der Waals surface area contributed by atoms with Crippen LogP contribution in [-0.4, -0.2) is 38.0 Å². The van der Waals surface area contributed by atoms with Gasteiger partial charge in [-0.3, -0.25) is 9.69 Å². The molecule has 2 rings (SSSR count). The lowest BCUT2D eigenvalue weighted by molar-refractivity contribution is 0.0577.